The number of carbonyl (C=O) groups is 2. The highest BCUT2D eigenvalue weighted by molar-refractivity contribution is 6.34. The van der Waals surface area contributed by atoms with Gasteiger partial charge in [-0.15, -0.1) is 0 Å². The van der Waals surface area contributed by atoms with Gasteiger partial charge in [0.15, 0.2) is 5.76 Å². The Balaban J connectivity index is 1.54. The maximum atomic E-state index is 14.1. The van der Waals surface area contributed by atoms with Crippen LogP contribution in [0.4, 0.5) is 10.1 Å². The van der Waals surface area contributed by atoms with Crippen LogP contribution in [0.5, 0.6) is 0 Å². The first-order valence-corrected chi connectivity index (χ1v) is 11.0. The molecule has 1 aromatic heterocycles. The van der Waals surface area contributed by atoms with Gasteiger partial charge in [0.05, 0.1) is 34.5 Å². The standard InChI is InChI=1S/C26H21ClFN3O4/c1-34-13-12-29-24(32)19-11-10-16(14-21(19)27)31-25(33)17-6-2-3-7-18(17)26-30-15-23(35-26)20-8-4-5-9-22(20)28/h2-11,14-15H,12-13H2,1H3,(H,29,32)(H,31,33). The summed E-state index contributed by atoms with van der Waals surface area (Å²) in [5.41, 5.74) is 1.69. The quantitative estimate of drug-likeness (QED) is 0.319. The molecule has 7 nitrogen and oxygen atoms in total. The summed E-state index contributed by atoms with van der Waals surface area (Å²) in [6.45, 7) is 0.726. The highest BCUT2D eigenvalue weighted by atomic mass is 35.5. The smallest absolute Gasteiger partial charge is 0.256 e. The van der Waals surface area contributed by atoms with Crippen LogP contribution in [-0.2, 0) is 4.74 Å². The van der Waals surface area contributed by atoms with Crippen molar-refractivity contribution in [3.63, 3.8) is 0 Å². The van der Waals surface area contributed by atoms with Crippen LogP contribution in [0.1, 0.15) is 20.7 Å². The van der Waals surface area contributed by atoms with Crippen molar-refractivity contribution in [1.82, 2.24) is 10.3 Å². The van der Waals surface area contributed by atoms with E-state index in [-0.39, 0.29) is 33.7 Å². The molecule has 35 heavy (non-hydrogen) atoms. The number of ether oxygens (including phenoxy) is 1. The average molecular weight is 494 g/mol. The number of benzene rings is 3. The molecule has 0 spiro atoms. The van der Waals surface area contributed by atoms with Crippen molar-refractivity contribution in [2.24, 2.45) is 0 Å². The highest BCUT2D eigenvalue weighted by Gasteiger charge is 2.19. The number of oxazole rings is 1. The molecule has 178 valence electrons. The molecule has 0 saturated carbocycles. The van der Waals surface area contributed by atoms with Crippen molar-refractivity contribution in [1.29, 1.82) is 0 Å². The van der Waals surface area contributed by atoms with Gasteiger partial charge in [0.25, 0.3) is 11.8 Å². The molecule has 0 aliphatic rings. The Labute approximate surface area is 205 Å². The van der Waals surface area contributed by atoms with Gasteiger partial charge in [-0.1, -0.05) is 35.9 Å². The summed E-state index contributed by atoms with van der Waals surface area (Å²) in [6.07, 6.45) is 1.42. The summed E-state index contributed by atoms with van der Waals surface area (Å²) >= 11 is 6.27. The normalized spacial score (nSPS) is 10.7. The fourth-order valence-corrected chi connectivity index (χ4v) is 3.66. The highest BCUT2D eigenvalue weighted by Crippen LogP contribution is 2.30. The van der Waals surface area contributed by atoms with Crippen LogP contribution in [0.2, 0.25) is 5.02 Å². The molecule has 4 aromatic rings. The molecule has 9 heteroatoms. The molecule has 0 atom stereocenters. The molecule has 4 rings (SSSR count). The van der Waals surface area contributed by atoms with E-state index in [1.807, 2.05) is 0 Å². The summed E-state index contributed by atoms with van der Waals surface area (Å²) in [4.78, 5) is 29.6. The van der Waals surface area contributed by atoms with E-state index in [0.717, 1.165) is 0 Å². The van der Waals surface area contributed by atoms with E-state index in [1.54, 1.807) is 55.6 Å². The third-order valence-corrected chi connectivity index (χ3v) is 5.42. The number of hydrogen-bond donors (Lipinski definition) is 2. The lowest BCUT2D eigenvalue weighted by atomic mass is 10.1. The lowest BCUT2D eigenvalue weighted by Gasteiger charge is -2.11. The molecule has 0 bridgehead atoms. The molecule has 0 unspecified atom stereocenters. The minimum absolute atomic E-state index is 0.176. The largest absolute Gasteiger partial charge is 0.436 e. The van der Waals surface area contributed by atoms with E-state index in [9.17, 15) is 14.0 Å². The summed E-state index contributed by atoms with van der Waals surface area (Å²) in [6, 6.07) is 17.6. The van der Waals surface area contributed by atoms with Gasteiger partial charge in [-0.2, -0.15) is 0 Å². The Morgan fingerprint density at radius 3 is 2.49 bits per heavy atom. The van der Waals surface area contributed by atoms with E-state index in [1.165, 1.54) is 24.4 Å². The van der Waals surface area contributed by atoms with Crippen molar-refractivity contribution < 1.29 is 23.1 Å². The van der Waals surface area contributed by atoms with Gasteiger partial charge in [0, 0.05) is 24.9 Å². The monoisotopic (exact) mass is 493 g/mol. The number of hydrogen-bond acceptors (Lipinski definition) is 5. The predicted molar refractivity (Wildman–Crippen MR) is 131 cm³/mol. The first-order valence-electron chi connectivity index (χ1n) is 10.7. The maximum Gasteiger partial charge on any atom is 0.256 e. The molecule has 0 radical (unpaired) electrons. The van der Waals surface area contributed by atoms with Crippen LogP contribution in [0.25, 0.3) is 22.8 Å². The Morgan fingerprint density at radius 1 is 1.00 bits per heavy atom. The average Bonchev–Trinajstić information content (AvgIpc) is 3.34. The lowest BCUT2D eigenvalue weighted by molar-refractivity contribution is 0.0936. The number of nitrogens with one attached hydrogen (secondary N) is 2. The van der Waals surface area contributed by atoms with E-state index in [2.05, 4.69) is 15.6 Å². The fourth-order valence-electron chi connectivity index (χ4n) is 3.39. The van der Waals surface area contributed by atoms with Gasteiger partial charge in [-0.05, 0) is 42.5 Å². The van der Waals surface area contributed by atoms with E-state index in [0.29, 0.717) is 30.0 Å². The Hall–Kier alpha value is -4.01. The molecule has 0 fully saturated rings. The first-order chi connectivity index (χ1) is 17.0. The summed E-state index contributed by atoms with van der Waals surface area (Å²) < 4.78 is 24.8. The van der Waals surface area contributed by atoms with E-state index in [4.69, 9.17) is 20.8 Å². The number of carbonyl (C=O) groups excluding carboxylic acids is 2. The lowest BCUT2D eigenvalue weighted by Crippen LogP contribution is -2.27. The van der Waals surface area contributed by atoms with Gasteiger partial charge in [-0.3, -0.25) is 9.59 Å². The van der Waals surface area contributed by atoms with E-state index < -0.39 is 11.7 Å². The number of nitrogens with zero attached hydrogens (tertiary/aromatic N) is 1. The molecule has 1 heterocycles. The topological polar surface area (TPSA) is 93.5 Å². The van der Waals surface area contributed by atoms with Gasteiger partial charge < -0.3 is 19.8 Å². The molecule has 0 saturated heterocycles. The van der Waals surface area contributed by atoms with Crippen LogP contribution in [0, 0.1) is 5.82 Å². The second kappa shape index (κ2) is 10.9. The van der Waals surface area contributed by atoms with Gasteiger partial charge in [0.1, 0.15) is 5.82 Å². The van der Waals surface area contributed by atoms with Gasteiger partial charge in [-0.25, -0.2) is 9.37 Å². The van der Waals surface area contributed by atoms with Crippen LogP contribution in [-0.4, -0.2) is 37.1 Å². The minimum Gasteiger partial charge on any atom is -0.436 e. The van der Waals surface area contributed by atoms with Crippen LogP contribution < -0.4 is 10.6 Å². The number of rotatable bonds is 8. The van der Waals surface area contributed by atoms with Crippen molar-refractivity contribution in [2.45, 2.75) is 0 Å². The second-order valence-electron chi connectivity index (χ2n) is 7.45. The third-order valence-electron chi connectivity index (χ3n) is 5.11. The number of methoxy groups -OCH3 is 1. The second-order valence-corrected chi connectivity index (χ2v) is 7.86. The van der Waals surface area contributed by atoms with Crippen molar-refractivity contribution in [3.8, 4) is 22.8 Å². The van der Waals surface area contributed by atoms with Crippen LogP contribution >= 0.6 is 11.6 Å². The minimum atomic E-state index is -0.436. The van der Waals surface area contributed by atoms with Gasteiger partial charge >= 0.3 is 0 Å². The predicted octanol–water partition coefficient (Wildman–Crippen LogP) is 5.43. The number of halogens is 2. The first kappa shape index (κ1) is 24.1. The maximum absolute atomic E-state index is 14.1. The van der Waals surface area contributed by atoms with Crippen molar-refractivity contribution in [2.75, 3.05) is 25.6 Å². The summed E-state index contributed by atoms with van der Waals surface area (Å²) in [7, 11) is 1.54. The Kier molecular flexibility index (Phi) is 7.54. The molecular weight excluding hydrogens is 473 g/mol. The third kappa shape index (κ3) is 5.56. The zero-order valence-corrected chi connectivity index (χ0v) is 19.4. The van der Waals surface area contributed by atoms with E-state index >= 15 is 0 Å². The molecule has 0 aliphatic carbocycles. The van der Waals surface area contributed by atoms with Crippen LogP contribution in [0.3, 0.4) is 0 Å². The van der Waals surface area contributed by atoms with Gasteiger partial charge in [0.2, 0.25) is 5.89 Å². The molecule has 0 aliphatic heterocycles. The number of amides is 2. The molecule has 2 amide bonds. The molecular formula is C26H21ClFN3O4. The van der Waals surface area contributed by atoms with Crippen molar-refractivity contribution >= 4 is 29.1 Å². The van der Waals surface area contributed by atoms with Crippen molar-refractivity contribution in [3.05, 3.63) is 94.9 Å². The molecule has 3 aromatic carbocycles. The number of anilines is 1. The fraction of sp³-hybridized carbons (Fsp3) is 0.115. The molecule has 2 N–H and O–H groups in total. The zero-order chi connectivity index (χ0) is 24.8. The SMILES string of the molecule is COCCNC(=O)c1ccc(NC(=O)c2ccccc2-c2ncc(-c3ccccc3F)o2)cc1Cl. The van der Waals surface area contributed by atoms with Crippen LogP contribution in [0.15, 0.2) is 77.3 Å². The summed E-state index contributed by atoms with van der Waals surface area (Å²) in [5, 5.41) is 5.65. The summed E-state index contributed by atoms with van der Waals surface area (Å²) in [5.74, 6) is -0.784. The number of aromatic nitrogens is 1. The Morgan fingerprint density at radius 2 is 1.74 bits per heavy atom. The Bertz CT molecular complexity index is 1370. The zero-order valence-electron chi connectivity index (χ0n) is 18.7.